The molecular weight excluding hydrogens is 292 g/mol. The molecule has 0 bridgehead atoms. The number of piperidine rings is 1. The Balaban J connectivity index is 1.68. The normalized spacial score (nSPS) is 17.7. The third kappa shape index (κ3) is 3.41. The van der Waals surface area contributed by atoms with E-state index in [1.165, 1.54) is 0 Å². The third-order valence-electron chi connectivity index (χ3n) is 3.98. The summed E-state index contributed by atoms with van der Waals surface area (Å²) in [5.74, 6) is -0.0733. The van der Waals surface area contributed by atoms with E-state index in [1.807, 2.05) is 36.7 Å². The molecule has 1 atom stereocenters. The van der Waals surface area contributed by atoms with Crippen LogP contribution in [-0.2, 0) is 4.79 Å². The summed E-state index contributed by atoms with van der Waals surface area (Å²) in [5, 5.41) is 10.1. The Bertz CT molecular complexity index is 724. The number of aromatic nitrogens is 2. The van der Waals surface area contributed by atoms with Crippen LogP contribution in [0.3, 0.4) is 0 Å². The van der Waals surface area contributed by atoms with Gasteiger partial charge in [-0.15, -0.1) is 0 Å². The quantitative estimate of drug-likeness (QED) is 0.902. The second kappa shape index (κ2) is 6.24. The number of carbonyl (C=O) groups is 2. The molecule has 2 aromatic rings. The summed E-state index contributed by atoms with van der Waals surface area (Å²) in [6.45, 7) is 4.45. The summed E-state index contributed by atoms with van der Waals surface area (Å²) in [4.78, 5) is 23.4. The molecule has 1 aromatic carbocycles. The van der Waals surface area contributed by atoms with Crippen LogP contribution in [0.15, 0.2) is 30.3 Å². The van der Waals surface area contributed by atoms with Crippen molar-refractivity contribution in [2.75, 3.05) is 6.54 Å². The smallest absolute Gasteiger partial charge is 0.251 e. The van der Waals surface area contributed by atoms with Gasteiger partial charge in [0.1, 0.15) is 0 Å². The van der Waals surface area contributed by atoms with Crippen LogP contribution < -0.4 is 10.6 Å². The van der Waals surface area contributed by atoms with Gasteiger partial charge in [0, 0.05) is 30.3 Å². The van der Waals surface area contributed by atoms with Gasteiger partial charge in [-0.25, -0.2) is 4.68 Å². The molecule has 23 heavy (non-hydrogen) atoms. The highest BCUT2D eigenvalue weighted by atomic mass is 16.2. The summed E-state index contributed by atoms with van der Waals surface area (Å²) in [5.41, 5.74) is 3.55. The van der Waals surface area contributed by atoms with Gasteiger partial charge in [0.25, 0.3) is 5.91 Å². The summed E-state index contributed by atoms with van der Waals surface area (Å²) < 4.78 is 1.85. The van der Waals surface area contributed by atoms with Crippen molar-refractivity contribution in [3.8, 4) is 5.69 Å². The molecular formula is C17H20N4O2. The topological polar surface area (TPSA) is 76.0 Å². The molecule has 1 aromatic heterocycles. The molecule has 2 amide bonds. The van der Waals surface area contributed by atoms with Gasteiger partial charge in [0.15, 0.2) is 0 Å². The number of rotatable bonds is 3. The van der Waals surface area contributed by atoms with Crippen molar-refractivity contribution < 1.29 is 9.59 Å². The fraction of sp³-hybridized carbons (Fsp3) is 0.353. The van der Waals surface area contributed by atoms with Gasteiger partial charge in [-0.1, -0.05) is 0 Å². The molecule has 1 aliphatic heterocycles. The number of benzene rings is 1. The van der Waals surface area contributed by atoms with Gasteiger partial charge in [-0.2, -0.15) is 5.10 Å². The summed E-state index contributed by atoms with van der Waals surface area (Å²) in [6, 6.07) is 9.37. The van der Waals surface area contributed by atoms with Crippen LogP contribution in [0.1, 0.15) is 34.6 Å². The van der Waals surface area contributed by atoms with Crippen molar-refractivity contribution in [1.82, 2.24) is 20.4 Å². The number of carbonyl (C=O) groups excluding carboxylic acids is 2. The van der Waals surface area contributed by atoms with Crippen molar-refractivity contribution in [2.24, 2.45) is 0 Å². The van der Waals surface area contributed by atoms with Gasteiger partial charge in [-0.3, -0.25) is 9.59 Å². The van der Waals surface area contributed by atoms with Crippen molar-refractivity contribution in [2.45, 2.75) is 32.7 Å². The minimum atomic E-state index is -0.119. The van der Waals surface area contributed by atoms with Crippen LogP contribution in [0.2, 0.25) is 0 Å². The van der Waals surface area contributed by atoms with Crippen molar-refractivity contribution in [3.63, 3.8) is 0 Å². The minimum Gasteiger partial charge on any atom is -0.354 e. The molecule has 1 saturated heterocycles. The predicted molar refractivity (Wildman–Crippen MR) is 86.5 cm³/mol. The van der Waals surface area contributed by atoms with E-state index >= 15 is 0 Å². The first kappa shape index (κ1) is 15.3. The van der Waals surface area contributed by atoms with Crippen LogP contribution in [0.25, 0.3) is 5.69 Å². The van der Waals surface area contributed by atoms with Gasteiger partial charge in [-0.05, 0) is 50.6 Å². The summed E-state index contributed by atoms with van der Waals surface area (Å²) in [6.07, 6.45) is 1.14. The number of amides is 2. The molecule has 6 heteroatoms. The van der Waals surface area contributed by atoms with Crippen LogP contribution >= 0.6 is 0 Å². The Morgan fingerprint density at radius 1 is 1.30 bits per heavy atom. The maximum Gasteiger partial charge on any atom is 0.251 e. The van der Waals surface area contributed by atoms with E-state index in [1.54, 1.807) is 12.1 Å². The van der Waals surface area contributed by atoms with E-state index in [0.717, 1.165) is 17.1 Å². The number of hydrogen-bond donors (Lipinski definition) is 2. The monoisotopic (exact) mass is 312 g/mol. The summed E-state index contributed by atoms with van der Waals surface area (Å²) >= 11 is 0. The Hall–Kier alpha value is -2.63. The molecule has 0 unspecified atom stereocenters. The predicted octanol–water partition coefficient (Wildman–Crippen LogP) is 1.50. The van der Waals surface area contributed by atoms with E-state index in [0.29, 0.717) is 24.9 Å². The molecule has 0 radical (unpaired) electrons. The maximum atomic E-state index is 12.3. The average Bonchev–Trinajstić information content (AvgIpc) is 2.88. The molecule has 3 rings (SSSR count). The van der Waals surface area contributed by atoms with Crippen LogP contribution in [-0.4, -0.2) is 34.2 Å². The second-order valence-electron chi connectivity index (χ2n) is 5.90. The van der Waals surface area contributed by atoms with Gasteiger partial charge in [0.2, 0.25) is 5.91 Å². The highest BCUT2D eigenvalue weighted by Gasteiger charge is 2.20. The Labute approximate surface area is 134 Å². The van der Waals surface area contributed by atoms with E-state index in [2.05, 4.69) is 15.7 Å². The highest BCUT2D eigenvalue weighted by molar-refractivity contribution is 5.94. The van der Waals surface area contributed by atoms with Crippen LogP contribution in [0.5, 0.6) is 0 Å². The molecule has 0 saturated carbocycles. The van der Waals surface area contributed by atoms with Crippen molar-refractivity contribution in [1.29, 1.82) is 0 Å². The highest BCUT2D eigenvalue weighted by Crippen LogP contribution is 2.13. The minimum absolute atomic E-state index is 0.00381. The Morgan fingerprint density at radius 3 is 2.61 bits per heavy atom. The SMILES string of the molecule is Cc1cc(C)n(-c2ccc(C(=O)N[C@@H]3CCC(=O)NC3)cc2)n1. The molecule has 2 heterocycles. The lowest BCUT2D eigenvalue weighted by molar-refractivity contribution is -0.122. The van der Waals surface area contributed by atoms with Crippen LogP contribution in [0, 0.1) is 13.8 Å². The zero-order valence-electron chi connectivity index (χ0n) is 13.3. The molecule has 1 aliphatic rings. The lowest BCUT2D eigenvalue weighted by Crippen LogP contribution is -2.47. The molecule has 120 valence electrons. The first-order valence-electron chi connectivity index (χ1n) is 7.74. The number of aryl methyl sites for hydroxylation is 2. The fourth-order valence-electron chi connectivity index (χ4n) is 2.77. The third-order valence-corrected chi connectivity index (χ3v) is 3.98. The van der Waals surface area contributed by atoms with Crippen molar-refractivity contribution >= 4 is 11.8 Å². The van der Waals surface area contributed by atoms with Gasteiger partial charge < -0.3 is 10.6 Å². The van der Waals surface area contributed by atoms with E-state index < -0.39 is 0 Å². The number of nitrogens with zero attached hydrogens (tertiary/aromatic N) is 2. The second-order valence-corrected chi connectivity index (χ2v) is 5.90. The average molecular weight is 312 g/mol. The molecule has 0 spiro atoms. The van der Waals surface area contributed by atoms with E-state index in [4.69, 9.17) is 0 Å². The molecule has 6 nitrogen and oxygen atoms in total. The lowest BCUT2D eigenvalue weighted by atomic mass is 10.1. The zero-order valence-corrected chi connectivity index (χ0v) is 13.3. The maximum absolute atomic E-state index is 12.3. The number of hydrogen-bond acceptors (Lipinski definition) is 3. The van der Waals surface area contributed by atoms with Crippen LogP contribution in [0.4, 0.5) is 0 Å². The largest absolute Gasteiger partial charge is 0.354 e. The molecule has 1 fully saturated rings. The Kier molecular flexibility index (Phi) is 4.14. The number of nitrogens with one attached hydrogen (secondary N) is 2. The fourth-order valence-corrected chi connectivity index (χ4v) is 2.77. The van der Waals surface area contributed by atoms with E-state index in [9.17, 15) is 9.59 Å². The van der Waals surface area contributed by atoms with Gasteiger partial charge in [0.05, 0.1) is 11.4 Å². The standard InChI is InChI=1S/C17H20N4O2/c1-11-9-12(2)21(20-11)15-6-3-13(4-7-15)17(23)19-14-5-8-16(22)18-10-14/h3-4,6-7,9,14H,5,8,10H2,1-2H3,(H,18,22)(H,19,23)/t14-/m1/s1. The first-order chi connectivity index (χ1) is 11.0. The molecule has 2 N–H and O–H groups in total. The molecule has 0 aliphatic carbocycles. The summed E-state index contributed by atoms with van der Waals surface area (Å²) in [7, 11) is 0. The van der Waals surface area contributed by atoms with Crippen molar-refractivity contribution in [3.05, 3.63) is 47.3 Å². The van der Waals surface area contributed by atoms with Gasteiger partial charge >= 0.3 is 0 Å². The Morgan fingerprint density at radius 2 is 2.04 bits per heavy atom. The lowest BCUT2D eigenvalue weighted by Gasteiger charge is -2.23. The zero-order chi connectivity index (χ0) is 16.4. The first-order valence-corrected chi connectivity index (χ1v) is 7.74. The van der Waals surface area contributed by atoms with E-state index in [-0.39, 0.29) is 17.9 Å².